The summed E-state index contributed by atoms with van der Waals surface area (Å²) in [6, 6.07) is 10.3. The van der Waals surface area contributed by atoms with Gasteiger partial charge in [-0.2, -0.15) is 0 Å². The zero-order chi connectivity index (χ0) is 20.7. The van der Waals surface area contributed by atoms with Crippen LogP contribution in [0, 0.1) is 5.92 Å². The number of ether oxygens (including phenoxy) is 2. The summed E-state index contributed by atoms with van der Waals surface area (Å²) in [5.41, 5.74) is 1.77. The van der Waals surface area contributed by atoms with E-state index in [1.54, 1.807) is 24.3 Å². The number of aliphatic carboxylic acids is 1. The summed E-state index contributed by atoms with van der Waals surface area (Å²) in [6.45, 7) is 4.66. The summed E-state index contributed by atoms with van der Waals surface area (Å²) >= 11 is 12.3. The Bertz CT molecular complexity index is 794. The summed E-state index contributed by atoms with van der Waals surface area (Å²) in [7, 11) is 1.54. The molecule has 0 amide bonds. The van der Waals surface area contributed by atoms with Gasteiger partial charge < -0.3 is 19.9 Å². The Hall–Kier alpha value is -1.95. The minimum absolute atomic E-state index is 0.273. The lowest BCUT2D eigenvalue weighted by atomic mass is 10.0. The van der Waals surface area contributed by atoms with E-state index in [-0.39, 0.29) is 5.92 Å². The fourth-order valence-corrected chi connectivity index (χ4v) is 3.15. The summed E-state index contributed by atoms with van der Waals surface area (Å²) < 4.78 is 11.3. The topological polar surface area (TPSA) is 67.8 Å². The molecule has 1 atom stereocenters. The molecule has 2 aromatic carbocycles. The molecule has 0 radical (unpaired) electrons. The van der Waals surface area contributed by atoms with Crippen LogP contribution in [0.2, 0.25) is 10.0 Å². The third-order valence-corrected chi connectivity index (χ3v) is 4.68. The van der Waals surface area contributed by atoms with Gasteiger partial charge in [0.05, 0.1) is 12.1 Å². The second kappa shape index (κ2) is 10.6. The highest BCUT2D eigenvalue weighted by Crippen LogP contribution is 2.37. The van der Waals surface area contributed by atoms with Crippen molar-refractivity contribution < 1.29 is 19.4 Å². The first-order valence-electron chi connectivity index (χ1n) is 9.00. The largest absolute Gasteiger partial charge is 0.493 e. The molecule has 0 aromatic heterocycles. The van der Waals surface area contributed by atoms with Crippen LogP contribution in [0.25, 0.3) is 0 Å². The van der Waals surface area contributed by atoms with Gasteiger partial charge in [0, 0.05) is 11.6 Å². The maximum atomic E-state index is 11.4. The third kappa shape index (κ3) is 6.59. The van der Waals surface area contributed by atoms with E-state index in [0.717, 1.165) is 11.1 Å². The Morgan fingerprint density at radius 2 is 1.82 bits per heavy atom. The van der Waals surface area contributed by atoms with Gasteiger partial charge in [0.1, 0.15) is 12.6 Å². The molecule has 0 aliphatic carbocycles. The molecule has 0 saturated carbocycles. The zero-order valence-electron chi connectivity index (χ0n) is 16.2. The number of benzene rings is 2. The van der Waals surface area contributed by atoms with E-state index in [2.05, 4.69) is 5.32 Å². The van der Waals surface area contributed by atoms with E-state index >= 15 is 0 Å². The average molecular weight is 426 g/mol. The zero-order valence-corrected chi connectivity index (χ0v) is 17.7. The van der Waals surface area contributed by atoms with Crippen molar-refractivity contribution >= 4 is 29.2 Å². The summed E-state index contributed by atoms with van der Waals surface area (Å²) in [5, 5.41) is 13.5. The van der Waals surface area contributed by atoms with Gasteiger partial charge in [-0.05, 0) is 47.7 Å². The Labute approximate surface area is 175 Å². The van der Waals surface area contributed by atoms with E-state index in [0.29, 0.717) is 41.1 Å². The molecule has 1 unspecified atom stereocenters. The van der Waals surface area contributed by atoms with Crippen molar-refractivity contribution in [2.45, 2.75) is 39.5 Å². The van der Waals surface area contributed by atoms with E-state index in [1.165, 1.54) is 7.11 Å². The van der Waals surface area contributed by atoms with E-state index in [9.17, 15) is 9.90 Å². The second-order valence-corrected chi connectivity index (χ2v) is 7.77. The normalized spacial score (nSPS) is 12.1. The molecular weight excluding hydrogens is 401 g/mol. The Morgan fingerprint density at radius 1 is 1.14 bits per heavy atom. The molecule has 152 valence electrons. The number of nitrogens with one attached hydrogen (secondary N) is 1. The fourth-order valence-electron chi connectivity index (χ4n) is 2.74. The van der Waals surface area contributed by atoms with Crippen molar-refractivity contribution in [1.82, 2.24) is 5.32 Å². The summed E-state index contributed by atoms with van der Waals surface area (Å²) in [5.74, 6) is 0.346. The molecule has 0 saturated heterocycles. The lowest BCUT2D eigenvalue weighted by molar-refractivity contribution is -0.140. The van der Waals surface area contributed by atoms with Gasteiger partial charge in [0.2, 0.25) is 0 Å². The molecule has 5 nitrogen and oxygen atoms in total. The lowest BCUT2D eigenvalue weighted by Gasteiger charge is -2.18. The molecule has 0 aliphatic rings. The molecule has 0 spiro atoms. The van der Waals surface area contributed by atoms with Crippen molar-refractivity contribution in [2.75, 3.05) is 7.11 Å². The molecule has 2 rings (SSSR count). The van der Waals surface area contributed by atoms with Crippen LogP contribution in [0.1, 0.15) is 31.4 Å². The van der Waals surface area contributed by atoms with Gasteiger partial charge in [-0.25, -0.2) is 0 Å². The standard InChI is InChI=1S/C21H25Cl2NO4/c1-13(2)8-18(21(25)26)24-11-15-9-17(23)20(19(10-15)27-3)28-12-14-4-6-16(22)7-5-14/h4-7,9-10,13,18,24H,8,11-12H2,1-3H3,(H,25,26). The number of rotatable bonds is 10. The second-order valence-electron chi connectivity index (χ2n) is 6.93. The smallest absolute Gasteiger partial charge is 0.320 e. The maximum Gasteiger partial charge on any atom is 0.320 e. The van der Waals surface area contributed by atoms with Gasteiger partial charge >= 0.3 is 5.97 Å². The number of methoxy groups -OCH3 is 1. The van der Waals surface area contributed by atoms with E-state index in [4.69, 9.17) is 32.7 Å². The number of hydrogen-bond donors (Lipinski definition) is 2. The fraction of sp³-hybridized carbons (Fsp3) is 0.381. The third-order valence-electron chi connectivity index (χ3n) is 4.14. The average Bonchev–Trinajstić information content (AvgIpc) is 2.64. The molecule has 0 fully saturated rings. The van der Waals surface area contributed by atoms with Crippen LogP contribution in [0.4, 0.5) is 0 Å². The summed E-state index contributed by atoms with van der Waals surface area (Å²) in [4.78, 5) is 11.4. The Morgan fingerprint density at radius 3 is 2.39 bits per heavy atom. The van der Waals surface area contributed by atoms with Crippen LogP contribution in [0.5, 0.6) is 11.5 Å². The van der Waals surface area contributed by atoms with Gasteiger partial charge in [-0.15, -0.1) is 0 Å². The molecule has 0 heterocycles. The molecule has 0 aliphatic heterocycles. The maximum absolute atomic E-state index is 11.4. The lowest BCUT2D eigenvalue weighted by Crippen LogP contribution is -2.37. The SMILES string of the molecule is COc1cc(CNC(CC(C)C)C(=O)O)cc(Cl)c1OCc1ccc(Cl)cc1. The number of hydrogen-bond acceptors (Lipinski definition) is 4. The summed E-state index contributed by atoms with van der Waals surface area (Å²) in [6.07, 6.45) is 0.544. The number of halogens is 2. The van der Waals surface area contributed by atoms with E-state index < -0.39 is 12.0 Å². The van der Waals surface area contributed by atoms with Crippen LogP contribution in [0.15, 0.2) is 36.4 Å². The number of carboxylic acids is 1. The highest BCUT2D eigenvalue weighted by Gasteiger charge is 2.19. The molecule has 2 aromatic rings. The first kappa shape index (κ1) is 22.3. The monoisotopic (exact) mass is 425 g/mol. The first-order chi connectivity index (χ1) is 13.3. The van der Waals surface area contributed by atoms with Crippen LogP contribution >= 0.6 is 23.2 Å². The first-order valence-corrected chi connectivity index (χ1v) is 9.75. The van der Waals surface area contributed by atoms with E-state index in [1.807, 2.05) is 26.0 Å². The van der Waals surface area contributed by atoms with Gasteiger partial charge in [0.15, 0.2) is 11.5 Å². The highest BCUT2D eigenvalue weighted by molar-refractivity contribution is 6.32. The number of carbonyl (C=O) groups is 1. The quantitative estimate of drug-likeness (QED) is 0.549. The van der Waals surface area contributed by atoms with Crippen molar-refractivity contribution in [3.8, 4) is 11.5 Å². The Balaban J connectivity index is 2.09. The highest BCUT2D eigenvalue weighted by atomic mass is 35.5. The number of carboxylic acid groups (broad SMARTS) is 1. The van der Waals surface area contributed by atoms with Gasteiger partial charge in [-0.3, -0.25) is 4.79 Å². The minimum Gasteiger partial charge on any atom is -0.493 e. The minimum atomic E-state index is -0.866. The predicted octanol–water partition coefficient (Wildman–Crippen LogP) is 5.17. The van der Waals surface area contributed by atoms with Crippen LogP contribution in [0.3, 0.4) is 0 Å². The Kier molecular flexibility index (Phi) is 8.42. The van der Waals surface area contributed by atoms with Crippen molar-refractivity contribution in [3.05, 3.63) is 57.6 Å². The van der Waals surface area contributed by atoms with Gasteiger partial charge in [0.25, 0.3) is 0 Å². The van der Waals surface area contributed by atoms with Crippen LogP contribution in [-0.2, 0) is 17.9 Å². The van der Waals surface area contributed by atoms with Crippen molar-refractivity contribution in [2.24, 2.45) is 5.92 Å². The van der Waals surface area contributed by atoms with Crippen molar-refractivity contribution in [1.29, 1.82) is 0 Å². The molecule has 7 heteroatoms. The van der Waals surface area contributed by atoms with Crippen molar-refractivity contribution in [3.63, 3.8) is 0 Å². The molecule has 28 heavy (non-hydrogen) atoms. The van der Waals surface area contributed by atoms with Crippen LogP contribution in [-0.4, -0.2) is 24.2 Å². The molecule has 0 bridgehead atoms. The van der Waals surface area contributed by atoms with Gasteiger partial charge in [-0.1, -0.05) is 49.2 Å². The molecule has 2 N–H and O–H groups in total. The van der Waals surface area contributed by atoms with Crippen LogP contribution < -0.4 is 14.8 Å². The predicted molar refractivity (Wildman–Crippen MR) is 112 cm³/mol. The molecular formula is C21H25Cl2NO4.